The van der Waals surface area contributed by atoms with E-state index in [-0.39, 0.29) is 17.4 Å². The number of benzene rings is 1. The highest BCUT2D eigenvalue weighted by molar-refractivity contribution is 7.89. The number of nitrogens with two attached hydrogens (primary N) is 1. The Labute approximate surface area is 127 Å². The molecule has 0 saturated carbocycles. The van der Waals surface area contributed by atoms with Gasteiger partial charge in [0.1, 0.15) is 4.90 Å². The highest BCUT2D eigenvalue weighted by Crippen LogP contribution is 2.26. The van der Waals surface area contributed by atoms with Crippen LogP contribution in [-0.2, 0) is 10.0 Å². The highest BCUT2D eigenvalue weighted by atomic mass is 32.2. The first-order valence-corrected chi connectivity index (χ1v) is 8.78. The smallest absolute Gasteiger partial charge is 0.242 e. The molecule has 4 N–H and O–H groups in total. The summed E-state index contributed by atoms with van der Waals surface area (Å²) < 4.78 is 27.6. The van der Waals surface area contributed by atoms with Gasteiger partial charge in [0.2, 0.25) is 10.0 Å². The molecule has 0 fully saturated rings. The third-order valence-corrected chi connectivity index (χ3v) is 5.30. The maximum atomic E-state index is 12.5. The van der Waals surface area contributed by atoms with Crippen molar-refractivity contribution >= 4 is 15.7 Å². The molecule has 5 nitrogen and oxygen atoms in total. The molecular formula is C15H26N2O3S. The van der Waals surface area contributed by atoms with Crippen LogP contribution in [-0.4, -0.2) is 26.7 Å². The second-order valence-corrected chi connectivity index (χ2v) is 7.16. The SMILES string of the molecule is CCCC(CCO)CNS(=O)(=O)c1c(C)ccc(C)c1N. The number of aryl methyl sites for hydroxylation is 2. The van der Waals surface area contributed by atoms with Crippen molar-refractivity contribution in [2.24, 2.45) is 5.92 Å². The van der Waals surface area contributed by atoms with Gasteiger partial charge >= 0.3 is 0 Å². The average Bonchev–Trinajstić information content (AvgIpc) is 2.41. The van der Waals surface area contributed by atoms with E-state index in [1.54, 1.807) is 19.9 Å². The van der Waals surface area contributed by atoms with Gasteiger partial charge in [0.25, 0.3) is 0 Å². The molecule has 6 heteroatoms. The predicted octanol–water partition coefficient (Wildman–Crippen LogP) is 1.96. The molecule has 21 heavy (non-hydrogen) atoms. The van der Waals surface area contributed by atoms with Crippen LogP contribution in [0, 0.1) is 19.8 Å². The van der Waals surface area contributed by atoms with Crippen molar-refractivity contribution in [2.45, 2.75) is 44.9 Å². The molecule has 1 aromatic rings. The van der Waals surface area contributed by atoms with Crippen LogP contribution in [0.5, 0.6) is 0 Å². The van der Waals surface area contributed by atoms with Crippen LogP contribution in [0.15, 0.2) is 17.0 Å². The highest BCUT2D eigenvalue weighted by Gasteiger charge is 2.22. The van der Waals surface area contributed by atoms with E-state index in [1.807, 2.05) is 13.0 Å². The molecule has 0 spiro atoms. The molecule has 0 radical (unpaired) electrons. The Balaban J connectivity index is 2.94. The summed E-state index contributed by atoms with van der Waals surface area (Å²) in [5.74, 6) is 0.140. The van der Waals surface area contributed by atoms with E-state index in [0.717, 1.165) is 18.4 Å². The lowest BCUT2D eigenvalue weighted by Crippen LogP contribution is -2.31. The van der Waals surface area contributed by atoms with Gasteiger partial charge in [-0.1, -0.05) is 25.5 Å². The molecule has 0 aromatic heterocycles. The molecule has 1 aromatic carbocycles. The van der Waals surface area contributed by atoms with Crippen molar-refractivity contribution in [3.05, 3.63) is 23.3 Å². The predicted molar refractivity (Wildman–Crippen MR) is 85.6 cm³/mol. The third-order valence-electron chi connectivity index (χ3n) is 3.68. The summed E-state index contributed by atoms with van der Waals surface area (Å²) in [7, 11) is -3.63. The Kier molecular flexibility index (Phi) is 6.64. The molecule has 0 saturated heterocycles. The van der Waals surface area contributed by atoms with E-state index in [9.17, 15) is 8.42 Å². The monoisotopic (exact) mass is 314 g/mol. The number of sulfonamides is 1. The van der Waals surface area contributed by atoms with Gasteiger partial charge in [-0.2, -0.15) is 0 Å². The normalized spacial score (nSPS) is 13.3. The van der Waals surface area contributed by atoms with Crippen molar-refractivity contribution in [1.82, 2.24) is 4.72 Å². The largest absolute Gasteiger partial charge is 0.397 e. The van der Waals surface area contributed by atoms with Gasteiger partial charge in [-0.25, -0.2) is 13.1 Å². The first-order valence-electron chi connectivity index (χ1n) is 7.29. The van der Waals surface area contributed by atoms with Gasteiger partial charge in [-0.15, -0.1) is 0 Å². The van der Waals surface area contributed by atoms with E-state index < -0.39 is 10.0 Å². The van der Waals surface area contributed by atoms with Crippen molar-refractivity contribution in [2.75, 3.05) is 18.9 Å². The Bertz CT molecular complexity index is 565. The molecule has 0 bridgehead atoms. The molecule has 1 unspecified atom stereocenters. The molecule has 0 amide bonds. The molecule has 0 aliphatic carbocycles. The van der Waals surface area contributed by atoms with Gasteiger partial charge in [0.15, 0.2) is 0 Å². The van der Waals surface area contributed by atoms with Crippen LogP contribution < -0.4 is 10.5 Å². The lowest BCUT2D eigenvalue weighted by Gasteiger charge is -2.18. The van der Waals surface area contributed by atoms with E-state index in [4.69, 9.17) is 10.8 Å². The number of nitrogens with one attached hydrogen (secondary N) is 1. The molecule has 1 atom stereocenters. The summed E-state index contributed by atoms with van der Waals surface area (Å²) in [6.45, 7) is 5.96. The van der Waals surface area contributed by atoms with Crippen molar-refractivity contribution in [1.29, 1.82) is 0 Å². The Morgan fingerprint density at radius 2 is 1.86 bits per heavy atom. The Morgan fingerprint density at radius 3 is 2.43 bits per heavy atom. The fourth-order valence-corrected chi connectivity index (χ4v) is 3.94. The van der Waals surface area contributed by atoms with Gasteiger partial charge in [-0.05, 0) is 43.7 Å². The zero-order valence-corrected chi connectivity index (χ0v) is 13.8. The molecule has 1 rings (SSSR count). The van der Waals surface area contributed by atoms with Crippen LogP contribution in [0.1, 0.15) is 37.3 Å². The number of hydrogen-bond acceptors (Lipinski definition) is 4. The zero-order chi connectivity index (χ0) is 16.0. The number of rotatable bonds is 8. The summed E-state index contributed by atoms with van der Waals surface area (Å²) in [6.07, 6.45) is 2.43. The quantitative estimate of drug-likeness (QED) is 0.640. The van der Waals surface area contributed by atoms with E-state index in [1.165, 1.54) is 0 Å². The third kappa shape index (κ3) is 4.69. The van der Waals surface area contributed by atoms with Crippen LogP contribution in [0.4, 0.5) is 5.69 Å². The molecular weight excluding hydrogens is 288 g/mol. The number of nitrogen functional groups attached to an aromatic ring is 1. The summed E-state index contributed by atoms with van der Waals surface area (Å²) in [5, 5.41) is 9.04. The fraction of sp³-hybridized carbons (Fsp3) is 0.600. The first kappa shape index (κ1) is 17.9. The minimum atomic E-state index is -3.63. The second kappa shape index (κ2) is 7.77. The zero-order valence-electron chi connectivity index (χ0n) is 13.0. The summed E-state index contributed by atoms with van der Waals surface area (Å²) in [4.78, 5) is 0.168. The summed E-state index contributed by atoms with van der Waals surface area (Å²) in [6, 6.07) is 3.58. The minimum absolute atomic E-state index is 0.0675. The van der Waals surface area contributed by atoms with Gasteiger partial charge in [-0.3, -0.25) is 0 Å². The van der Waals surface area contributed by atoms with E-state index in [0.29, 0.717) is 24.2 Å². The topological polar surface area (TPSA) is 92.4 Å². The number of hydrogen-bond donors (Lipinski definition) is 3. The Hall–Kier alpha value is -1.11. The molecule has 0 aliphatic heterocycles. The fourth-order valence-electron chi connectivity index (χ4n) is 2.40. The van der Waals surface area contributed by atoms with Gasteiger partial charge < -0.3 is 10.8 Å². The van der Waals surface area contributed by atoms with Gasteiger partial charge in [0, 0.05) is 13.2 Å². The lowest BCUT2D eigenvalue weighted by molar-refractivity contribution is 0.251. The van der Waals surface area contributed by atoms with Crippen molar-refractivity contribution in [3.63, 3.8) is 0 Å². The number of aliphatic hydroxyl groups excluding tert-OH is 1. The maximum Gasteiger partial charge on any atom is 0.242 e. The van der Waals surface area contributed by atoms with Crippen LogP contribution in [0.25, 0.3) is 0 Å². The van der Waals surface area contributed by atoms with Gasteiger partial charge in [0.05, 0.1) is 5.69 Å². The summed E-state index contributed by atoms with van der Waals surface area (Å²) >= 11 is 0. The van der Waals surface area contributed by atoms with Crippen molar-refractivity contribution in [3.8, 4) is 0 Å². The number of aliphatic hydroxyl groups is 1. The molecule has 120 valence electrons. The van der Waals surface area contributed by atoms with Crippen molar-refractivity contribution < 1.29 is 13.5 Å². The molecule has 0 heterocycles. The maximum absolute atomic E-state index is 12.5. The van der Waals surface area contributed by atoms with Crippen LogP contribution in [0.3, 0.4) is 0 Å². The Morgan fingerprint density at radius 1 is 1.24 bits per heavy atom. The average molecular weight is 314 g/mol. The lowest BCUT2D eigenvalue weighted by atomic mass is 10.0. The second-order valence-electron chi connectivity index (χ2n) is 5.46. The minimum Gasteiger partial charge on any atom is -0.397 e. The summed E-state index contributed by atoms with van der Waals surface area (Å²) in [5.41, 5.74) is 7.63. The first-order chi connectivity index (χ1) is 9.83. The van der Waals surface area contributed by atoms with E-state index >= 15 is 0 Å². The van der Waals surface area contributed by atoms with E-state index in [2.05, 4.69) is 4.72 Å². The number of anilines is 1. The van der Waals surface area contributed by atoms with Crippen LogP contribution >= 0.6 is 0 Å². The van der Waals surface area contributed by atoms with Crippen LogP contribution in [0.2, 0.25) is 0 Å². The standard InChI is InChI=1S/C15H26N2O3S/c1-4-5-13(8-9-18)10-17-21(19,20)15-12(3)7-6-11(2)14(15)16/h6-7,13,17-18H,4-5,8-10,16H2,1-3H3. The molecule has 0 aliphatic rings.